The quantitative estimate of drug-likeness (QED) is 0.820. The Bertz CT molecular complexity index is 632. The summed E-state index contributed by atoms with van der Waals surface area (Å²) in [7, 11) is 0. The number of thiazole rings is 1. The third-order valence-corrected chi connectivity index (χ3v) is 6.02. The van der Waals surface area contributed by atoms with Crippen LogP contribution in [0.5, 0.6) is 0 Å². The minimum Gasteiger partial charge on any atom is -0.388 e. The van der Waals surface area contributed by atoms with Gasteiger partial charge in [0, 0.05) is 35.5 Å². The maximum Gasteiger partial charge on any atom is 0.0959 e. The van der Waals surface area contributed by atoms with Crippen molar-refractivity contribution < 1.29 is 5.11 Å². The predicted molar refractivity (Wildman–Crippen MR) is 88.9 cm³/mol. The molecule has 0 aliphatic heterocycles. The van der Waals surface area contributed by atoms with Gasteiger partial charge in [0.25, 0.3) is 0 Å². The number of hydrogen-bond donors (Lipinski definition) is 2. The zero-order valence-corrected chi connectivity index (χ0v) is 13.5. The van der Waals surface area contributed by atoms with Crippen LogP contribution in [0.4, 0.5) is 0 Å². The molecule has 2 aromatic rings. The second-order valence-corrected chi connectivity index (χ2v) is 7.87. The zero-order valence-electron chi connectivity index (χ0n) is 12.7. The zero-order chi connectivity index (χ0) is 15.0. The maximum atomic E-state index is 10.6. The van der Waals surface area contributed by atoms with E-state index in [1.807, 2.05) is 47.9 Å². The number of nitrogens with one attached hydrogen (secondary N) is 1. The molecule has 3 nitrogen and oxygen atoms in total. The lowest BCUT2D eigenvalue weighted by Crippen LogP contribution is -2.28. The summed E-state index contributed by atoms with van der Waals surface area (Å²) in [5.74, 6) is 0.744. The van der Waals surface area contributed by atoms with E-state index in [9.17, 15) is 5.11 Å². The number of rotatable bonds is 7. The fourth-order valence-electron chi connectivity index (χ4n) is 3.05. The van der Waals surface area contributed by atoms with Crippen molar-refractivity contribution in [2.75, 3.05) is 6.54 Å². The van der Waals surface area contributed by atoms with E-state index in [0.29, 0.717) is 0 Å². The van der Waals surface area contributed by atoms with Gasteiger partial charge in [0.2, 0.25) is 0 Å². The van der Waals surface area contributed by atoms with Crippen LogP contribution in [0.1, 0.15) is 53.2 Å². The van der Waals surface area contributed by atoms with Crippen LogP contribution in [0.25, 0.3) is 0 Å². The minimum absolute atomic E-state index is 0.0331. The van der Waals surface area contributed by atoms with E-state index in [2.05, 4.69) is 10.3 Å². The van der Waals surface area contributed by atoms with Crippen LogP contribution in [0, 0.1) is 5.41 Å². The molecule has 0 spiro atoms. The van der Waals surface area contributed by atoms with Crippen molar-refractivity contribution in [3.63, 3.8) is 0 Å². The van der Waals surface area contributed by atoms with Crippen LogP contribution in [-0.2, 0) is 6.54 Å². The highest BCUT2D eigenvalue weighted by Gasteiger charge is 2.48. The van der Waals surface area contributed by atoms with Crippen molar-refractivity contribution in [2.24, 2.45) is 5.41 Å². The van der Waals surface area contributed by atoms with E-state index in [1.54, 1.807) is 0 Å². The van der Waals surface area contributed by atoms with Gasteiger partial charge in [-0.3, -0.25) is 0 Å². The van der Waals surface area contributed by atoms with Crippen molar-refractivity contribution in [1.82, 2.24) is 10.3 Å². The van der Waals surface area contributed by atoms with Crippen molar-refractivity contribution in [1.29, 1.82) is 0 Å². The fraction of sp³-hybridized carbons (Fsp3) is 0.500. The first-order valence-corrected chi connectivity index (χ1v) is 8.97. The first kappa shape index (κ1) is 14.4. The smallest absolute Gasteiger partial charge is 0.0959 e. The largest absolute Gasteiger partial charge is 0.388 e. The van der Waals surface area contributed by atoms with Crippen molar-refractivity contribution >= 4 is 11.3 Å². The highest BCUT2D eigenvalue weighted by atomic mass is 32.1. The lowest BCUT2D eigenvalue weighted by atomic mass is 9.93. The molecule has 0 radical (unpaired) electrons. The third kappa shape index (κ3) is 2.96. The topological polar surface area (TPSA) is 45.1 Å². The molecular formula is C18H22N2OS. The molecule has 2 N–H and O–H groups in total. The third-order valence-electron chi connectivity index (χ3n) is 4.86. The summed E-state index contributed by atoms with van der Waals surface area (Å²) in [5, 5.41) is 15.5. The van der Waals surface area contributed by atoms with Gasteiger partial charge in [-0.15, -0.1) is 11.3 Å². The van der Waals surface area contributed by atoms with Gasteiger partial charge in [-0.25, -0.2) is 4.98 Å². The number of hydrogen-bond acceptors (Lipinski definition) is 4. The molecule has 1 atom stereocenters. The summed E-state index contributed by atoms with van der Waals surface area (Å²) in [5.41, 5.74) is 1.07. The average molecular weight is 314 g/mol. The molecule has 0 amide bonds. The van der Waals surface area contributed by atoms with E-state index in [0.717, 1.165) is 37.4 Å². The molecule has 116 valence electrons. The van der Waals surface area contributed by atoms with E-state index >= 15 is 0 Å². The van der Waals surface area contributed by atoms with E-state index in [4.69, 9.17) is 0 Å². The highest BCUT2D eigenvalue weighted by Crippen LogP contribution is 2.54. The summed E-state index contributed by atoms with van der Waals surface area (Å²) in [6.45, 7) is 1.74. The van der Waals surface area contributed by atoms with Crippen LogP contribution in [0.3, 0.4) is 0 Å². The summed E-state index contributed by atoms with van der Waals surface area (Å²) < 4.78 is 0. The van der Waals surface area contributed by atoms with Gasteiger partial charge in [0.1, 0.15) is 0 Å². The Morgan fingerprint density at radius 1 is 1.27 bits per heavy atom. The molecule has 0 saturated heterocycles. The van der Waals surface area contributed by atoms with Gasteiger partial charge in [0.05, 0.1) is 11.1 Å². The Balaban J connectivity index is 1.32. The van der Waals surface area contributed by atoms with Gasteiger partial charge >= 0.3 is 0 Å². The highest BCUT2D eigenvalue weighted by molar-refractivity contribution is 7.11. The molecule has 1 unspecified atom stereocenters. The number of aliphatic hydroxyl groups is 1. The Morgan fingerprint density at radius 3 is 2.73 bits per heavy atom. The Hall–Kier alpha value is -1.23. The minimum atomic E-state index is -0.357. The Morgan fingerprint density at radius 2 is 2.05 bits per heavy atom. The van der Waals surface area contributed by atoms with Crippen LogP contribution in [0.15, 0.2) is 36.5 Å². The van der Waals surface area contributed by atoms with Gasteiger partial charge in [0.15, 0.2) is 0 Å². The van der Waals surface area contributed by atoms with Crippen LogP contribution < -0.4 is 5.32 Å². The Kier molecular flexibility index (Phi) is 3.76. The molecule has 2 fully saturated rings. The maximum absolute atomic E-state index is 10.6. The monoisotopic (exact) mass is 314 g/mol. The van der Waals surface area contributed by atoms with Gasteiger partial charge < -0.3 is 10.4 Å². The molecule has 4 rings (SSSR count). The van der Waals surface area contributed by atoms with E-state index in [1.165, 1.54) is 22.7 Å². The predicted octanol–water partition coefficient (Wildman–Crippen LogP) is 3.62. The first-order valence-electron chi connectivity index (χ1n) is 8.15. The summed E-state index contributed by atoms with van der Waals surface area (Å²) in [6.07, 6.45) is 6.49. The van der Waals surface area contributed by atoms with Crippen molar-refractivity contribution in [3.8, 4) is 0 Å². The van der Waals surface area contributed by atoms with Crippen LogP contribution in [-0.4, -0.2) is 16.6 Å². The van der Waals surface area contributed by atoms with E-state index in [-0.39, 0.29) is 11.5 Å². The molecule has 4 heteroatoms. The van der Waals surface area contributed by atoms with Crippen molar-refractivity contribution in [3.05, 3.63) is 52.0 Å². The number of nitrogens with zero attached hydrogens (tertiary/aromatic N) is 1. The molecular weight excluding hydrogens is 292 g/mol. The first-order chi connectivity index (χ1) is 10.8. The molecule has 1 aromatic heterocycles. The SMILES string of the molecule is OC(c1ccccc1)C1(CNCc2cnc(C3CC3)s2)CC1. The van der Waals surface area contributed by atoms with Crippen LogP contribution in [0.2, 0.25) is 0 Å². The molecule has 2 aliphatic carbocycles. The number of aromatic nitrogens is 1. The van der Waals surface area contributed by atoms with Crippen molar-refractivity contribution in [2.45, 2.75) is 44.2 Å². The molecule has 0 bridgehead atoms. The van der Waals surface area contributed by atoms with Gasteiger partial charge in [-0.2, -0.15) is 0 Å². The van der Waals surface area contributed by atoms with E-state index < -0.39 is 0 Å². The Labute approximate surface area is 135 Å². The molecule has 22 heavy (non-hydrogen) atoms. The van der Waals surface area contributed by atoms with Gasteiger partial charge in [-0.05, 0) is 31.2 Å². The normalized spacial score (nSPS) is 20.8. The summed E-state index contributed by atoms with van der Waals surface area (Å²) in [6, 6.07) is 10.0. The second-order valence-electron chi connectivity index (χ2n) is 6.72. The summed E-state index contributed by atoms with van der Waals surface area (Å²) in [4.78, 5) is 5.83. The molecule has 1 aromatic carbocycles. The average Bonchev–Trinajstić information content (AvgIpc) is 3.48. The standard InChI is InChI=1S/C18H22N2OS/c21-16(13-4-2-1-3-5-13)18(8-9-18)12-19-10-15-11-20-17(22-15)14-6-7-14/h1-5,11,14,16,19,21H,6-10,12H2. The van der Waals surface area contributed by atoms with Gasteiger partial charge in [-0.1, -0.05) is 30.3 Å². The summed E-state index contributed by atoms with van der Waals surface area (Å²) >= 11 is 1.84. The van der Waals surface area contributed by atoms with Crippen LogP contribution >= 0.6 is 11.3 Å². The fourth-order valence-corrected chi connectivity index (χ4v) is 4.11. The number of aliphatic hydroxyl groups excluding tert-OH is 1. The lowest BCUT2D eigenvalue weighted by molar-refractivity contribution is 0.0918. The second kappa shape index (κ2) is 5.76. The molecule has 2 aliphatic rings. The molecule has 2 saturated carbocycles. The molecule has 1 heterocycles. The number of benzene rings is 1. The lowest BCUT2D eigenvalue weighted by Gasteiger charge is -2.23.